The Labute approximate surface area is 146 Å². The van der Waals surface area contributed by atoms with Gasteiger partial charge >= 0.3 is 12.3 Å². The summed E-state index contributed by atoms with van der Waals surface area (Å²) in [6, 6.07) is 4.58. The number of alkyl halides is 2. The molecule has 0 N–H and O–H groups in total. The number of ether oxygens (including phenoxy) is 3. The Morgan fingerprint density at radius 3 is 2.81 bits per heavy atom. The quantitative estimate of drug-likeness (QED) is 0.706. The van der Waals surface area contributed by atoms with Gasteiger partial charge in [0.2, 0.25) is 0 Å². The van der Waals surface area contributed by atoms with Crippen molar-refractivity contribution in [3.8, 4) is 23.2 Å². The van der Waals surface area contributed by atoms with Crippen molar-refractivity contribution in [3.63, 3.8) is 0 Å². The van der Waals surface area contributed by atoms with Crippen molar-refractivity contribution in [2.45, 2.75) is 26.7 Å². The fourth-order valence-corrected chi connectivity index (χ4v) is 2.28. The van der Waals surface area contributed by atoms with E-state index in [4.69, 9.17) is 4.74 Å². The molecule has 134 valence electrons. The van der Waals surface area contributed by atoms with Crippen molar-refractivity contribution in [3.05, 3.63) is 47.5 Å². The molecule has 1 aliphatic rings. The highest BCUT2D eigenvalue weighted by atomic mass is 19.3. The maximum atomic E-state index is 13.1. The van der Waals surface area contributed by atoms with Crippen LogP contribution in [0.4, 0.5) is 8.78 Å². The van der Waals surface area contributed by atoms with Crippen molar-refractivity contribution in [2.75, 3.05) is 0 Å². The number of rotatable bonds is 4. The third kappa shape index (κ3) is 3.13. The van der Waals surface area contributed by atoms with Crippen LogP contribution < -0.4 is 14.2 Å². The van der Waals surface area contributed by atoms with Crippen molar-refractivity contribution in [1.29, 1.82) is 0 Å². The van der Waals surface area contributed by atoms with Crippen LogP contribution in [0.5, 0.6) is 17.5 Å². The van der Waals surface area contributed by atoms with E-state index in [1.807, 2.05) is 13.8 Å². The average molecular weight is 361 g/mol. The van der Waals surface area contributed by atoms with E-state index in [0.717, 1.165) is 11.3 Å². The summed E-state index contributed by atoms with van der Waals surface area (Å²) in [4.78, 5) is 8.30. The maximum absolute atomic E-state index is 13.1. The van der Waals surface area contributed by atoms with Gasteiger partial charge in [-0.25, -0.2) is 14.6 Å². The normalized spacial score (nSPS) is 14.5. The van der Waals surface area contributed by atoms with Gasteiger partial charge in [0.05, 0.1) is 11.9 Å². The molecular formula is C16H13F2N5O3. The number of fused-ring (bicyclic) bond motifs is 1. The van der Waals surface area contributed by atoms with Crippen LogP contribution in [0.25, 0.3) is 5.69 Å². The third-order valence-electron chi connectivity index (χ3n) is 3.74. The minimum absolute atomic E-state index is 0.0330. The molecule has 0 atom stereocenters. The second-order valence-electron chi connectivity index (χ2n) is 5.66. The lowest BCUT2D eigenvalue weighted by atomic mass is 10.3. The van der Waals surface area contributed by atoms with Gasteiger partial charge in [-0.1, -0.05) is 5.21 Å². The van der Waals surface area contributed by atoms with E-state index in [1.54, 1.807) is 18.5 Å². The van der Waals surface area contributed by atoms with Gasteiger partial charge in [0, 0.05) is 18.0 Å². The molecule has 0 aliphatic carbocycles. The Kier molecular flexibility index (Phi) is 3.67. The first-order valence-electron chi connectivity index (χ1n) is 7.64. The third-order valence-corrected chi connectivity index (χ3v) is 3.74. The Morgan fingerprint density at radius 2 is 2.00 bits per heavy atom. The van der Waals surface area contributed by atoms with Gasteiger partial charge in [-0.3, -0.25) is 0 Å². The van der Waals surface area contributed by atoms with Crippen LogP contribution in [0.2, 0.25) is 0 Å². The van der Waals surface area contributed by atoms with E-state index >= 15 is 0 Å². The molecule has 3 heterocycles. The van der Waals surface area contributed by atoms with Crippen LogP contribution in [0.15, 0.2) is 30.6 Å². The number of benzene rings is 1. The predicted molar refractivity (Wildman–Crippen MR) is 83.4 cm³/mol. The molecule has 3 aromatic rings. The van der Waals surface area contributed by atoms with Crippen molar-refractivity contribution < 1.29 is 23.0 Å². The minimum atomic E-state index is -3.66. The first kappa shape index (κ1) is 16.2. The summed E-state index contributed by atoms with van der Waals surface area (Å²) in [7, 11) is 0. The fourth-order valence-electron chi connectivity index (χ4n) is 2.28. The molecule has 4 rings (SSSR count). The molecule has 0 amide bonds. The van der Waals surface area contributed by atoms with E-state index in [1.165, 1.54) is 16.8 Å². The largest absolute Gasteiger partial charge is 0.586 e. The standard InChI is InChI=1S/C16H13F2N5O3/c1-9-6-19-15(20-10(9)2)24-8-11-7-23(22-21-11)12-3-4-13-14(5-12)26-16(17,18)25-13/h3-7H,8H2,1-2H3. The van der Waals surface area contributed by atoms with Gasteiger partial charge in [0.1, 0.15) is 12.3 Å². The Bertz CT molecular complexity index is 976. The Balaban J connectivity index is 1.47. The molecule has 0 bridgehead atoms. The van der Waals surface area contributed by atoms with Crippen LogP contribution in [0, 0.1) is 13.8 Å². The molecule has 2 aromatic heterocycles. The topological polar surface area (TPSA) is 84.2 Å². The zero-order valence-electron chi connectivity index (χ0n) is 13.8. The van der Waals surface area contributed by atoms with E-state index in [0.29, 0.717) is 11.4 Å². The number of halogens is 2. The number of aromatic nitrogens is 5. The summed E-state index contributed by atoms with van der Waals surface area (Å²) in [5.41, 5.74) is 2.81. The Hall–Kier alpha value is -3.30. The number of hydrogen-bond acceptors (Lipinski definition) is 7. The van der Waals surface area contributed by atoms with Crippen LogP contribution >= 0.6 is 0 Å². The summed E-state index contributed by atoms with van der Waals surface area (Å²) in [5, 5.41) is 7.94. The molecular weight excluding hydrogens is 348 g/mol. The lowest BCUT2D eigenvalue weighted by molar-refractivity contribution is -0.286. The SMILES string of the molecule is Cc1cnc(OCc2cn(-c3ccc4c(c3)OC(F)(F)O4)nn2)nc1C. The lowest BCUT2D eigenvalue weighted by Crippen LogP contribution is -2.25. The maximum Gasteiger partial charge on any atom is 0.586 e. The van der Waals surface area contributed by atoms with Crippen LogP contribution in [0.1, 0.15) is 17.0 Å². The second-order valence-corrected chi connectivity index (χ2v) is 5.66. The van der Waals surface area contributed by atoms with Crippen LogP contribution in [-0.4, -0.2) is 31.3 Å². The zero-order chi connectivity index (χ0) is 18.3. The molecule has 10 heteroatoms. The van der Waals surface area contributed by atoms with Crippen LogP contribution in [0.3, 0.4) is 0 Å². The molecule has 0 fully saturated rings. The molecule has 0 radical (unpaired) electrons. The number of hydrogen-bond donors (Lipinski definition) is 0. The summed E-state index contributed by atoms with van der Waals surface area (Å²) in [6.07, 6.45) is -0.373. The van der Waals surface area contributed by atoms with Gasteiger partial charge in [0.15, 0.2) is 11.5 Å². The summed E-state index contributed by atoms with van der Waals surface area (Å²) in [6.45, 7) is 3.89. The van der Waals surface area contributed by atoms with Gasteiger partial charge in [-0.15, -0.1) is 13.9 Å². The smallest absolute Gasteiger partial charge is 0.457 e. The molecule has 0 spiro atoms. The molecule has 0 saturated heterocycles. The van der Waals surface area contributed by atoms with Gasteiger partial charge < -0.3 is 14.2 Å². The van der Waals surface area contributed by atoms with Gasteiger partial charge in [-0.2, -0.15) is 0 Å². The summed E-state index contributed by atoms with van der Waals surface area (Å²) in [5.74, 6) is -0.0985. The summed E-state index contributed by atoms with van der Waals surface area (Å²) < 4.78 is 41.9. The number of aryl methyl sites for hydroxylation is 2. The lowest BCUT2D eigenvalue weighted by Gasteiger charge is -2.04. The highest BCUT2D eigenvalue weighted by Gasteiger charge is 2.43. The zero-order valence-corrected chi connectivity index (χ0v) is 13.8. The van der Waals surface area contributed by atoms with E-state index < -0.39 is 6.29 Å². The van der Waals surface area contributed by atoms with Crippen molar-refractivity contribution in [2.24, 2.45) is 0 Å². The molecule has 0 saturated carbocycles. The second kappa shape index (κ2) is 5.90. The number of nitrogens with zero attached hydrogens (tertiary/aromatic N) is 5. The average Bonchev–Trinajstić information content (AvgIpc) is 3.17. The predicted octanol–water partition coefficient (Wildman–Crippen LogP) is 2.57. The van der Waals surface area contributed by atoms with Gasteiger partial charge in [0.25, 0.3) is 0 Å². The Morgan fingerprint density at radius 1 is 1.19 bits per heavy atom. The highest BCUT2D eigenvalue weighted by Crippen LogP contribution is 2.41. The van der Waals surface area contributed by atoms with Crippen LogP contribution in [-0.2, 0) is 6.61 Å². The van der Waals surface area contributed by atoms with E-state index in [-0.39, 0.29) is 24.1 Å². The minimum Gasteiger partial charge on any atom is -0.457 e. The highest BCUT2D eigenvalue weighted by molar-refractivity contribution is 5.50. The summed E-state index contributed by atoms with van der Waals surface area (Å²) >= 11 is 0. The van der Waals surface area contributed by atoms with E-state index in [9.17, 15) is 8.78 Å². The first-order valence-corrected chi connectivity index (χ1v) is 7.64. The van der Waals surface area contributed by atoms with E-state index in [2.05, 4.69) is 29.8 Å². The van der Waals surface area contributed by atoms with Gasteiger partial charge in [-0.05, 0) is 31.5 Å². The molecule has 1 aromatic carbocycles. The molecule has 1 aliphatic heterocycles. The molecule has 26 heavy (non-hydrogen) atoms. The van der Waals surface area contributed by atoms with Crippen molar-refractivity contribution in [1.82, 2.24) is 25.0 Å². The monoisotopic (exact) mass is 361 g/mol. The van der Waals surface area contributed by atoms with Crippen molar-refractivity contribution >= 4 is 0 Å². The molecule has 0 unspecified atom stereocenters. The first-order chi connectivity index (χ1) is 12.4. The molecule has 8 nitrogen and oxygen atoms in total. The fraction of sp³-hybridized carbons (Fsp3) is 0.250.